The van der Waals surface area contributed by atoms with E-state index < -0.39 is 0 Å². The van der Waals surface area contributed by atoms with Crippen molar-refractivity contribution >= 4 is 5.91 Å². The van der Waals surface area contributed by atoms with Crippen LogP contribution in [0.15, 0.2) is 48.2 Å². The van der Waals surface area contributed by atoms with Crippen molar-refractivity contribution < 1.29 is 4.79 Å². The molecule has 2 N–H and O–H groups in total. The minimum absolute atomic E-state index is 0.0572. The molecule has 1 aliphatic rings. The molecule has 2 rings (SSSR count). The summed E-state index contributed by atoms with van der Waals surface area (Å²) >= 11 is 0. The van der Waals surface area contributed by atoms with E-state index in [1.165, 1.54) is 0 Å². The fourth-order valence-corrected chi connectivity index (χ4v) is 1.71. The Morgan fingerprint density at radius 1 is 1.21 bits per heavy atom. The van der Waals surface area contributed by atoms with Crippen LogP contribution in [0.25, 0.3) is 0 Å². The van der Waals surface area contributed by atoms with E-state index in [-0.39, 0.29) is 12.1 Å². The van der Waals surface area contributed by atoms with E-state index in [1.54, 1.807) is 0 Å². The van der Waals surface area contributed by atoms with E-state index in [2.05, 4.69) is 10.6 Å². The summed E-state index contributed by atoms with van der Waals surface area (Å²) in [5.74, 6) is -0.0572. The number of rotatable bonds is 2. The Morgan fingerprint density at radius 3 is 2.47 bits per heavy atom. The SMILES string of the molecule is CC.CC1=CNC(NC(=O)c2ccccc2C)C=C1. The van der Waals surface area contributed by atoms with Gasteiger partial charge in [0.1, 0.15) is 6.17 Å². The van der Waals surface area contributed by atoms with Crippen molar-refractivity contribution in [3.63, 3.8) is 0 Å². The average Bonchev–Trinajstić information content (AvgIpc) is 2.44. The maximum absolute atomic E-state index is 12.0. The number of hydrogen-bond donors (Lipinski definition) is 2. The van der Waals surface area contributed by atoms with Crippen LogP contribution in [0, 0.1) is 6.92 Å². The molecule has 0 saturated heterocycles. The maximum Gasteiger partial charge on any atom is 0.253 e. The summed E-state index contributed by atoms with van der Waals surface area (Å²) in [5.41, 5.74) is 2.84. The molecule has 1 aromatic carbocycles. The molecule has 1 unspecified atom stereocenters. The molecule has 0 bridgehead atoms. The summed E-state index contributed by atoms with van der Waals surface area (Å²) < 4.78 is 0. The van der Waals surface area contributed by atoms with Gasteiger partial charge in [-0.2, -0.15) is 0 Å². The van der Waals surface area contributed by atoms with Gasteiger partial charge < -0.3 is 10.6 Å². The van der Waals surface area contributed by atoms with Crippen molar-refractivity contribution in [1.82, 2.24) is 10.6 Å². The lowest BCUT2D eigenvalue weighted by atomic mass is 10.1. The third-order valence-electron chi connectivity index (χ3n) is 2.72. The zero-order valence-corrected chi connectivity index (χ0v) is 12.0. The molecule has 3 heteroatoms. The minimum Gasteiger partial charge on any atom is -0.368 e. The third-order valence-corrected chi connectivity index (χ3v) is 2.72. The molecular weight excluding hydrogens is 236 g/mol. The van der Waals surface area contributed by atoms with Gasteiger partial charge in [-0.1, -0.05) is 38.1 Å². The van der Waals surface area contributed by atoms with Crippen molar-refractivity contribution in [2.24, 2.45) is 0 Å². The second kappa shape index (κ2) is 7.41. The molecule has 0 aromatic heterocycles. The molecule has 0 spiro atoms. The lowest BCUT2D eigenvalue weighted by molar-refractivity contribution is 0.0940. The second-order valence-electron chi connectivity index (χ2n) is 4.18. The highest BCUT2D eigenvalue weighted by Crippen LogP contribution is 2.07. The van der Waals surface area contributed by atoms with Crippen LogP contribution in [0.1, 0.15) is 36.7 Å². The fraction of sp³-hybridized carbons (Fsp3) is 0.312. The Morgan fingerprint density at radius 2 is 1.89 bits per heavy atom. The van der Waals surface area contributed by atoms with Crippen LogP contribution < -0.4 is 10.6 Å². The molecule has 102 valence electrons. The Labute approximate surface area is 115 Å². The van der Waals surface area contributed by atoms with Crippen LogP contribution in [0.5, 0.6) is 0 Å². The van der Waals surface area contributed by atoms with E-state index >= 15 is 0 Å². The topological polar surface area (TPSA) is 41.1 Å². The number of carbonyl (C=O) groups is 1. The normalized spacial score (nSPS) is 16.6. The van der Waals surface area contributed by atoms with Crippen molar-refractivity contribution in [2.45, 2.75) is 33.9 Å². The predicted molar refractivity (Wildman–Crippen MR) is 79.8 cm³/mol. The summed E-state index contributed by atoms with van der Waals surface area (Å²) in [6.45, 7) is 7.94. The molecule has 1 amide bonds. The molecule has 0 saturated carbocycles. The molecule has 1 aliphatic heterocycles. The van der Waals surface area contributed by atoms with Gasteiger partial charge in [0.25, 0.3) is 5.91 Å². The Hall–Kier alpha value is -2.03. The first-order chi connectivity index (χ1) is 9.16. The van der Waals surface area contributed by atoms with Crippen LogP contribution in [0.3, 0.4) is 0 Å². The fourth-order valence-electron chi connectivity index (χ4n) is 1.71. The first-order valence-corrected chi connectivity index (χ1v) is 6.64. The molecule has 19 heavy (non-hydrogen) atoms. The quantitative estimate of drug-likeness (QED) is 0.855. The Kier molecular flexibility index (Phi) is 5.86. The molecule has 0 aliphatic carbocycles. The van der Waals surface area contributed by atoms with Gasteiger partial charge in [0.05, 0.1) is 0 Å². The van der Waals surface area contributed by atoms with Crippen LogP contribution in [-0.4, -0.2) is 12.1 Å². The van der Waals surface area contributed by atoms with E-state index in [0.717, 1.165) is 11.1 Å². The van der Waals surface area contributed by atoms with E-state index in [0.29, 0.717) is 5.56 Å². The van der Waals surface area contributed by atoms with Crippen LogP contribution >= 0.6 is 0 Å². The van der Waals surface area contributed by atoms with Crippen molar-refractivity contribution in [2.75, 3.05) is 0 Å². The number of allylic oxidation sites excluding steroid dienone is 2. The Bertz CT molecular complexity index is 489. The minimum atomic E-state index is -0.134. The number of hydrogen-bond acceptors (Lipinski definition) is 2. The van der Waals surface area contributed by atoms with Crippen LogP contribution in [0.4, 0.5) is 0 Å². The number of benzene rings is 1. The summed E-state index contributed by atoms with van der Waals surface area (Å²) in [6, 6.07) is 7.56. The molecule has 3 nitrogen and oxygen atoms in total. The molecule has 1 aromatic rings. The largest absolute Gasteiger partial charge is 0.368 e. The maximum atomic E-state index is 12.0. The zero-order valence-electron chi connectivity index (χ0n) is 12.0. The highest BCUT2D eigenvalue weighted by Gasteiger charge is 2.12. The van der Waals surface area contributed by atoms with Crippen LogP contribution in [-0.2, 0) is 0 Å². The molecule has 1 heterocycles. The van der Waals surface area contributed by atoms with Crippen molar-refractivity contribution in [3.05, 3.63) is 59.3 Å². The van der Waals surface area contributed by atoms with Gasteiger partial charge in [-0.3, -0.25) is 4.79 Å². The molecule has 0 radical (unpaired) electrons. The van der Waals surface area contributed by atoms with Crippen LogP contribution in [0.2, 0.25) is 0 Å². The van der Waals surface area contributed by atoms with Crippen molar-refractivity contribution in [3.8, 4) is 0 Å². The smallest absolute Gasteiger partial charge is 0.253 e. The summed E-state index contributed by atoms with van der Waals surface area (Å²) in [6.07, 6.45) is 5.68. The Balaban J connectivity index is 0.000000861. The van der Waals surface area contributed by atoms with Gasteiger partial charge in [0.15, 0.2) is 0 Å². The predicted octanol–water partition coefficient (Wildman–Crippen LogP) is 3.14. The van der Waals surface area contributed by atoms with E-state index in [4.69, 9.17) is 0 Å². The average molecular weight is 258 g/mol. The van der Waals surface area contributed by atoms with Gasteiger partial charge in [-0.05, 0) is 37.1 Å². The van der Waals surface area contributed by atoms with Gasteiger partial charge >= 0.3 is 0 Å². The molecule has 1 atom stereocenters. The monoisotopic (exact) mass is 258 g/mol. The number of nitrogens with one attached hydrogen (secondary N) is 2. The van der Waals surface area contributed by atoms with Gasteiger partial charge in [-0.15, -0.1) is 0 Å². The third kappa shape index (κ3) is 4.28. The van der Waals surface area contributed by atoms with Gasteiger partial charge in [0, 0.05) is 11.8 Å². The first-order valence-electron chi connectivity index (χ1n) is 6.64. The van der Waals surface area contributed by atoms with Gasteiger partial charge in [-0.25, -0.2) is 0 Å². The number of aryl methyl sites for hydroxylation is 1. The second-order valence-corrected chi connectivity index (χ2v) is 4.18. The van der Waals surface area contributed by atoms with Crippen molar-refractivity contribution in [1.29, 1.82) is 0 Å². The lowest BCUT2D eigenvalue weighted by Gasteiger charge is -2.19. The number of carbonyl (C=O) groups excluding carboxylic acids is 1. The summed E-state index contributed by atoms with van der Waals surface area (Å²) in [5, 5.41) is 6.02. The van der Waals surface area contributed by atoms with E-state index in [1.807, 2.05) is 70.3 Å². The summed E-state index contributed by atoms with van der Waals surface area (Å²) in [4.78, 5) is 12.0. The molecular formula is C16H22N2O. The number of dihydropyridines is 1. The van der Waals surface area contributed by atoms with Gasteiger partial charge in [0.2, 0.25) is 0 Å². The molecule has 0 fully saturated rings. The highest BCUT2D eigenvalue weighted by molar-refractivity contribution is 5.95. The zero-order chi connectivity index (χ0) is 14.3. The summed E-state index contributed by atoms with van der Waals surface area (Å²) in [7, 11) is 0. The van der Waals surface area contributed by atoms with E-state index in [9.17, 15) is 4.79 Å². The lowest BCUT2D eigenvalue weighted by Crippen LogP contribution is -2.43. The standard InChI is InChI=1S/C14H16N2O.C2H6/c1-10-7-8-13(15-9-10)16-14(17)12-6-4-3-5-11(12)2;1-2/h3-9,13,15H,1-2H3,(H,16,17);1-2H3. The highest BCUT2D eigenvalue weighted by atomic mass is 16.1. The number of amides is 1. The first kappa shape index (κ1) is 15.0.